The van der Waals surface area contributed by atoms with E-state index in [2.05, 4.69) is 15.5 Å². The van der Waals surface area contributed by atoms with Crippen molar-refractivity contribution in [1.82, 2.24) is 9.55 Å². The number of fused-ring (bicyclic) bond motifs is 1. The number of benzene rings is 2. The van der Waals surface area contributed by atoms with Gasteiger partial charge in [0.15, 0.2) is 0 Å². The van der Waals surface area contributed by atoms with Crippen LogP contribution in [0.5, 0.6) is 0 Å². The number of rotatable bonds is 8. The fourth-order valence-corrected chi connectivity index (χ4v) is 2.96. The molecular formula is C21H21F3N4O2. The van der Waals surface area contributed by atoms with Crippen LogP contribution in [0.4, 0.5) is 19.1 Å². The van der Waals surface area contributed by atoms with Gasteiger partial charge >= 0.3 is 6.18 Å². The minimum absolute atomic E-state index is 0.0940. The summed E-state index contributed by atoms with van der Waals surface area (Å²) in [7, 11) is 0. The summed E-state index contributed by atoms with van der Waals surface area (Å²) in [5.41, 5.74) is 1.95. The zero-order valence-corrected chi connectivity index (χ0v) is 16.3. The SMILES string of the molecule is CCOCCCn1c(N/N=C\c2ccccc2C(F)(F)F)nc2ccccc2c1=O. The minimum Gasteiger partial charge on any atom is -0.382 e. The van der Waals surface area contributed by atoms with Gasteiger partial charge in [-0.2, -0.15) is 18.3 Å². The van der Waals surface area contributed by atoms with E-state index in [-0.39, 0.29) is 17.1 Å². The van der Waals surface area contributed by atoms with Crippen LogP contribution in [-0.4, -0.2) is 29.0 Å². The zero-order chi connectivity index (χ0) is 21.6. The van der Waals surface area contributed by atoms with Crippen molar-refractivity contribution in [2.24, 2.45) is 5.10 Å². The third-order valence-corrected chi connectivity index (χ3v) is 4.37. The summed E-state index contributed by atoms with van der Waals surface area (Å²) in [5, 5.41) is 4.36. The van der Waals surface area contributed by atoms with Crippen molar-refractivity contribution in [3.63, 3.8) is 0 Å². The highest BCUT2D eigenvalue weighted by Crippen LogP contribution is 2.31. The Labute approximate surface area is 171 Å². The summed E-state index contributed by atoms with van der Waals surface area (Å²) in [6.07, 6.45) is -2.86. The van der Waals surface area contributed by atoms with E-state index in [1.807, 2.05) is 6.92 Å². The summed E-state index contributed by atoms with van der Waals surface area (Å²) in [5.74, 6) is 0.149. The van der Waals surface area contributed by atoms with Gasteiger partial charge in [0.2, 0.25) is 5.95 Å². The molecule has 0 bridgehead atoms. The first-order valence-electron chi connectivity index (χ1n) is 9.44. The smallest absolute Gasteiger partial charge is 0.382 e. The molecule has 0 unspecified atom stereocenters. The molecule has 0 aliphatic heterocycles. The molecule has 0 aliphatic carbocycles. The molecule has 0 saturated carbocycles. The average Bonchev–Trinajstić information content (AvgIpc) is 2.72. The number of nitrogens with zero attached hydrogens (tertiary/aromatic N) is 3. The maximum atomic E-state index is 13.1. The number of anilines is 1. The monoisotopic (exact) mass is 418 g/mol. The van der Waals surface area contributed by atoms with Crippen molar-refractivity contribution in [1.29, 1.82) is 0 Å². The van der Waals surface area contributed by atoms with E-state index in [1.165, 1.54) is 22.8 Å². The maximum absolute atomic E-state index is 13.1. The van der Waals surface area contributed by atoms with Crippen molar-refractivity contribution in [2.75, 3.05) is 18.6 Å². The summed E-state index contributed by atoms with van der Waals surface area (Å²) < 4.78 is 46.1. The largest absolute Gasteiger partial charge is 0.417 e. The molecular weight excluding hydrogens is 397 g/mol. The van der Waals surface area contributed by atoms with Crippen LogP contribution in [0, 0.1) is 0 Å². The first kappa shape index (κ1) is 21.5. The Morgan fingerprint density at radius 1 is 1.17 bits per heavy atom. The van der Waals surface area contributed by atoms with Crippen LogP contribution in [0.1, 0.15) is 24.5 Å². The van der Waals surface area contributed by atoms with Crippen LogP contribution in [0.2, 0.25) is 0 Å². The quantitative estimate of drug-likeness (QED) is 0.337. The summed E-state index contributed by atoms with van der Waals surface area (Å²) in [4.78, 5) is 17.3. The summed E-state index contributed by atoms with van der Waals surface area (Å²) in [6.45, 7) is 3.24. The molecule has 0 amide bonds. The third-order valence-electron chi connectivity index (χ3n) is 4.37. The van der Waals surface area contributed by atoms with E-state index in [1.54, 1.807) is 24.3 Å². The average molecular weight is 418 g/mol. The number of ether oxygens (including phenoxy) is 1. The first-order valence-corrected chi connectivity index (χ1v) is 9.44. The van der Waals surface area contributed by atoms with Crippen LogP contribution in [0.25, 0.3) is 10.9 Å². The van der Waals surface area contributed by atoms with Crippen LogP contribution < -0.4 is 11.0 Å². The number of aromatic nitrogens is 2. The molecule has 3 rings (SSSR count). The Hall–Kier alpha value is -3.20. The molecule has 9 heteroatoms. The number of alkyl halides is 3. The lowest BCUT2D eigenvalue weighted by molar-refractivity contribution is -0.137. The number of hydrogen-bond donors (Lipinski definition) is 1. The van der Waals surface area contributed by atoms with Gasteiger partial charge in [-0.15, -0.1) is 0 Å². The number of para-hydroxylation sites is 1. The predicted molar refractivity (Wildman–Crippen MR) is 110 cm³/mol. The zero-order valence-electron chi connectivity index (χ0n) is 16.3. The van der Waals surface area contributed by atoms with Crippen LogP contribution in [0.3, 0.4) is 0 Å². The predicted octanol–water partition coefficient (Wildman–Crippen LogP) is 4.29. The molecule has 1 heterocycles. The molecule has 0 aliphatic rings. The molecule has 0 spiro atoms. The topological polar surface area (TPSA) is 68.5 Å². The van der Waals surface area contributed by atoms with E-state index in [9.17, 15) is 18.0 Å². The van der Waals surface area contributed by atoms with Gasteiger partial charge < -0.3 is 4.74 Å². The van der Waals surface area contributed by atoms with Gasteiger partial charge in [-0.05, 0) is 31.5 Å². The van der Waals surface area contributed by atoms with Gasteiger partial charge in [0.25, 0.3) is 5.56 Å². The lowest BCUT2D eigenvalue weighted by Gasteiger charge is -2.13. The number of hydrogen-bond acceptors (Lipinski definition) is 5. The van der Waals surface area contributed by atoms with E-state index in [4.69, 9.17) is 4.74 Å². The van der Waals surface area contributed by atoms with Gasteiger partial charge in [-0.25, -0.2) is 10.4 Å². The molecule has 1 aromatic heterocycles. The Balaban J connectivity index is 1.91. The molecule has 0 atom stereocenters. The fourth-order valence-electron chi connectivity index (χ4n) is 2.96. The highest BCUT2D eigenvalue weighted by atomic mass is 19.4. The van der Waals surface area contributed by atoms with E-state index in [0.29, 0.717) is 37.1 Å². The molecule has 3 aromatic rings. The van der Waals surface area contributed by atoms with Crippen molar-refractivity contribution in [3.8, 4) is 0 Å². The second kappa shape index (κ2) is 9.53. The second-order valence-corrected chi connectivity index (χ2v) is 6.41. The number of nitrogens with one attached hydrogen (secondary N) is 1. The lowest BCUT2D eigenvalue weighted by Crippen LogP contribution is -2.25. The van der Waals surface area contributed by atoms with Gasteiger partial charge in [0.1, 0.15) is 0 Å². The van der Waals surface area contributed by atoms with Gasteiger partial charge in [-0.1, -0.05) is 30.3 Å². The van der Waals surface area contributed by atoms with Gasteiger partial charge in [0.05, 0.1) is 22.7 Å². The van der Waals surface area contributed by atoms with E-state index in [0.717, 1.165) is 12.3 Å². The second-order valence-electron chi connectivity index (χ2n) is 6.41. The molecule has 1 N–H and O–H groups in total. The lowest BCUT2D eigenvalue weighted by atomic mass is 10.1. The highest BCUT2D eigenvalue weighted by molar-refractivity contribution is 5.83. The Bertz CT molecular complexity index is 1090. The molecule has 6 nitrogen and oxygen atoms in total. The van der Waals surface area contributed by atoms with E-state index < -0.39 is 11.7 Å². The summed E-state index contributed by atoms with van der Waals surface area (Å²) in [6, 6.07) is 12.0. The van der Waals surface area contributed by atoms with Gasteiger partial charge in [0, 0.05) is 25.3 Å². The first-order chi connectivity index (χ1) is 14.4. The summed E-state index contributed by atoms with van der Waals surface area (Å²) >= 11 is 0. The van der Waals surface area contributed by atoms with Crippen molar-refractivity contribution in [3.05, 3.63) is 70.0 Å². The number of hydrazone groups is 1. The van der Waals surface area contributed by atoms with Crippen LogP contribution in [-0.2, 0) is 17.5 Å². The molecule has 2 aromatic carbocycles. The Morgan fingerprint density at radius 2 is 1.90 bits per heavy atom. The normalized spacial score (nSPS) is 12.0. The van der Waals surface area contributed by atoms with Crippen molar-refractivity contribution >= 4 is 23.1 Å². The fraction of sp³-hybridized carbons (Fsp3) is 0.286. The molecule has 0 saturated heterocycles. The third kappa shape index (κ3) is 5.04. The van der Waals surface area contributed by atoms with Crippen LogP contribution in [0.15, 0.2) is 58.4 Å². The van der Waals surface area contributed by atoms with Crippen molar-refractivity contribution in [2.45, 2.75) is 26.1 Å². The number of halogens is 3. The van der Waals surface area contributed by atoms with Gasteiger partial charge in [-0.3, -0.25) is 9.36 Å². The molecule has 0 radical (unpaired) electrons. The Morgan fingerprint density at radius 3 is 2.67 bits per heavy atom. The molecule has 0 fully saturated rings. The maximum Gasteiger partial charge on any atom is 0.417 e. The highest BCUT2D eigenvalue weighted by Gasteiger charge is 2.32. The Kier molecular flexibility index (Phi) is 6.83. The van der Waals surface area contributed by atoms with Crippen LogP contribution >= 0.6 is 0 Å². The van der Waals surface area contributed by atoms with Crippen molar-refractivity contribution < 1.29 is 17.9 Å². The van der Waals surface area contributed by atoms with E-state index >= 15 is 0 Å². The standard InChI is InChI=1S/C21H21F3N4O2/c1-2-30-13-7-12-28-19(29)16-9-4-6-11-18(16)26-20(28)27-25-14-15-8-3-5-10-17(15)21(22,23)24/h3-6,8-11,14H,2,7,12-13H2,1H3,(H,26,27)/b25-14-. The molecule has 158 valence electrons. The molecule has 30 heavy (non-hydrogen) atoms. The minimum atomic E-state index is -4.49.